The zero-order chi connectivity index (χ0) is 24.8. The van der Waals surface area contributed by atoms with Crippen molar-refractivity contribution in [2.24, 2.45) is 5.92 Å². The molecular formula is C29H40N2O3. The van der Waals surface area contributed by atoms with Crippen LogP contribution in [0.4, 0.5) is 0 Å². The molecule has 1 heterocycles. The van der Waals surface area contributed by atoms with Gasteiger partial charge in [-0.05, 0) is 66.6 Å². The second-order valence-electron chi connectivity index (χ2n) is 9.79. The molecule has 0 radical (unpaired) electrons. The fourth-order valence-corrected chi connectivity index (χ4v) is 4.89. The quantitative estimate of drug-likeness (QED) is 0.497. The Morgan fingerprint density at radius 3 is 2.50 bits per heavy atom. The molecule has 0 bridgehead atoms. The molecule has 5 heteroatoms. The van der Waals surface area contributed by atoms with E-state index < -0.39 is 5.97 Å². The van der Waals surface area contributed by atoms with Crippen LogP contribution in [0.15, 0.2) is 36.4 Å². The minimum absolute atomic E-state index is 0.185. The number of aromatic carboxylic acids is 1. The van der Waals surface area contributed by atoms with Gasteiger partial charge in [-0.2, -0.15) is 0 Å². The highest BCUT2D eigenvalue weighted by atomic mass is 16.5. The number of carboxylic acid groups (broad SMARTS) is 1. The Morgan fingerprint density at radius 2 is 1.91 bits per heavy atom. The van der Waals surface area contributed by atoms with E-state index in [1.54, 1.807) is 19.2 Å². The smallest absolute Gasteiger partial charge is 0.335 e. The van der Waals surface area contributed by atoms with Crippen molar-refractivity contribution in [2.45, 2.75) is 53.6 Å². The summed E-state index contributed by atoms with van der Waals surface area (Å²) in [6.45, 7) is 15.8. The summed E-state index contributed by atoms with van der Waals surface area (Å²) >= 11 is 0. The van der Waals surface area contributed by atoms with Crippen molar-refractivity contribution in [1.82, 2.24) is 9.80 Å². The molecule has 3 rings (SSSR count). The van der Waals surface area contributed by atoms with Crippen LogP contribution in [0.1, 0.15) is 71.4 Å². The normalized spacial score (nSPS) is 17.6. The van der Waals surface area contributed by atoms with Crippen LogP contribution in [0.5, 0.6) is 5.75 Å². The molecule has 184 valence electrons. The van der Waals surface area contributed by atoms with Crippen LogP contribution in [0.3, 0.4) is 0 Å². The number of aryl methyl sites for hydroxylation is 1. The minimum Gasteiger partial charge on any atom is -0.496 e. The number of methoxy groups -OCH3 is 1. The van der Waals surface area contributed by atoms with Crippen molar-refractivity contribution in [3.8, 4) is 5.75 Å². The summed E-state index contributed by atoms with van der Waals surface area (Å²) < 4.78 is 5.86. The van der Waals surface area contributed by atoms with Crippen molar-refractivity contribution in [3.63, 3.8) is 0 Å². The van der Waals surface area contributed by atoms with Crippen LogP contribution in [-0.2, 0) is 6.54 Å². The zero-order valence-corrected chi connectivity index (χ0v) is 21.6. The van der Waals surface area contributed by atoms with Crippen LogP contribution in [0, 0.1) is 19.8 Å². The summed E-state index contributed by atoms with van der Waals surface area (Å²) in [5, 5.41) is 9.34. The monoisotopic (exact) mass is 464 g/mol. The van der Waals surface area contributed by atoms with E-state index in [0.717, 1.165) is 50.5 Å². The Bertz CT molecular complexity index is 1010. The summed E-state index contributed by atoms with van der Waals surface area (Å²) in [6, 6.07) is 9.75. The molecule has 1 atom stereocenters. The summed E-state index contributed by atoms with van der Waals surface area (Å²) in [5.41, 5.74) is 6.49. The molecule has 1 aliphatic rings. The van der Waals surface area contributed by atoms with Gasteiger partial charge in [-0.3, -0.25) is 9.80 Å². The van der Waals surface area contributed by atoms with Gasteiger partial charge < -0.3 is 9.84 Å². The van der Waals surface area contributed by atoms with Gasteiger partial charge in [0.25, 0.3) is 0 Å². The van der Waals surface area contributed by atoms with Gasteiger partial charge in [0.05, 0.1) is 12.7 Å². The van der Waals surface area contributed by atoms with Crippen molar-refractivity contribution in [2.75, 3.05) is 33.3 Å². The molecule has 1 saturated heterocycles. The second kappa shape index (κ2) is 11.7. The summed E-state index contributed by atoms with van der Waals surface area (Å²) in [6.07, 6.45) is 5.45. The van der Waals surface area contributed by atoms with Gasteiger partial charge in [-0.25, -0.2) is 4.79 Å². The first-order valence-electron chi connectivity index (χ1n) is 12.4. The lowest BCUT2D eigenvalue weighted by Crippen LogP contribution is -2.49. The number of allylic oxidation sites excluding steroid dienone is 1. The van der Waals surface area contributed by atoms with Gasteiger partial charge in [0.2, 0.25) is 0 Å². The Kier molecular flexibility index (Phi) is 8.92. The van der Waals surface area contributed by atoms with Gasteiger partial charge in [0.15, 0.2) is 0 Å². The van der Waals surface area contributed by atoms with Gasteiger partial charge in [-0.15, -0.1) is 0 Å². The standard InChI is InChI=1S/C29H40N2O3/c1-7-8-9-25-22(5)21(4)16-28(34-6)26(25)18-31-15-14-30(17-20(2)3)19-27(31)23-10-12-24(13-11-23)29(32)33/h8-13,16,20,27H,7,14-15,17-19H2,1-6H3,(H,32,33)/b9-8-. The maximum Gasteiger partial charge on any atom is 0.335 e. The number of nitrogens with zero attached hydrogens (tertiary/aromatic N) is 2. The zero-order valence-electron chi connectivity index (χ0n) is 21.6. The highest BCUT2D eigenvalue weighted by Gasteiger charge is 2.30. The third-order valence-corrected chi connectivity index (χ3v) is 6.81. The fraction of sp³-hybridized carbons (Fsp3) is 0.483. The van der Waals surface area contributed by atoms with E-state index in [9.17, 15) is 9.90 Å². The number of rotatable bonds is 9. The highest BCUT2D eigenvalue weighted by Crippen LogP contribution is 2.35. The molecular weight excluding hydrogens is 424 g/mol. The summed E-state index contributed by atoms with van der Waals surface area (Å²) in [7, 11) is 1.75. The maximum absolute atomic E-state index is 11.4. The van der Waals surface area contributed by atoms with Gasteiger partial charge in [0, 0.05) is 44.3 Å². The number of carboxylic acids is 1. The third-order valence-electron chi connectivity index (χ3n) is 6.81. The lowest BCUT2D eigenvalue weighted by molar-refractivity contribution is 0.0607. The molecule has 0 aromatic heterocycles. The number of ether oxygens (including phenoxy) is 1. The van der Waals surface area contributed by atoms with E-state index in [1.165, 1.54) is 22.3 Å². The molecule has 2 aromatic rings. The molecule has 5 nitrogen and oxygen atoms in total. The lowest BCUT2D eigenvalue weighted by Gasteiger charge is -2.42. The number of hydrogen-bond donors (Lipinski definition) is 1. The average molecular weight is 465 g/mol. The molecule has 0 aliphatic carbocycles. The third kappa shape index (κ3) is 6.08. The maximum atomic E-state index is 11.4. The second-order valence-corrected chi connectivity index (χ2v) is 9.79. The van der Waals surface area contributed by atoms with Gasteiger partial charge in [0.1, 0.15) is 5.75 Å². The molecule has 1 N–H and O–H groups in total. The minimum atomic E-state index is -0.888. The first-order valence-corrected chi connectivity index (χ1v) is 12.4. The van der Waals surface area contributed by atoms with E-state index >= 15 is 0 Å². The number of piperazine rings is 1. The fourth-order valence-electron chi connectivity index (χ4n) is 4.89. The van der Waals surface area contributed by atoms with Crippen molar-refractivity contribution in [1.29, 1.82) is 0 Å². The van der Waals surface area contributed by atoms with Crippen molar-refractivity contribution >= 4 is 12.0 Å². The molecule has 34 heavy (non-hydrogen) atoms. The molecule has 1 fully saturated rings. The molecule has 0 spiro atoms. The largest absolute Gasteiger partial charge is 0.496 e. The summed E-state index contributed by atoms with van der Waals surface area (Å²) in [4.78, 5) is 16.4. The van der Waals surface area contributed by atoms with Crippen molar-refractivity contribution < 1.29 is 14.6 Å². The predicted octanol–water partition coefficient (Wildman–Crippen LogP) is 5.95. The van der Waals surface area contributed by atoms with Gasteiger partial charge >= 0.3 is 5.97 Å². The molecule has 2 aromatic carbocycles. The van der Waals surface area contributed by atoms with Crippen LogP contribution in [0.25, 0.3) is 6.08 Å². The first kappa shape index (κ1) is 26.0. The Balaban J connectivity index is 2.00. The molecule has 0 amide bonds. The molecule has 1 aliphatic heterocycles. The van der Waals surface area contributed by atoms with E-state index in [4.69, 9.17) is 4.74 Å². The Labute approximate surface area is 205 Å². The lowest BCUT2D eigenvalue weighted by atomic mass is 9.93. The summed E-state index contributed by atoms with van der Waals surface area (Å²) in [5.74, 6) is 0.649. The molecule has 1 unspecified atom stereocenters. The van der Waals surface area contributed by atoms with Crippen LogP contribution >= 0.6 is 0 Å². The number of hydrogen-bond acceptors (Lipinski definition) is 4. The van der Waals surface area contributed by atoms with E-state index in [1.807, 2.05) is 12.1 Å². The van der Waals surface area contributed by atoms with E-state index in [-0.39, 0.29) is 6.04 Å². The SMILES string of the molecule is CC/C=C\c1c(C)c(C)cc(OC)c1CN1CCN(CC(C)C)CC1c1ccc(C(=O)O)cc1. The number of carbonyl (C=O) groups is 1. The van der Waals surface area contributed by atoms with Crippen LogP contribution in [-0.4, -0.2) is 54.2 Å². The van der Waals surface area contributed by atoms with Crippen molar-refractivity contribution in [3.05, 3.63) is 69.8 Å². The van der Waals surface area contributed by atoms with E-state index in [0.29, 0.717) is 11.5 Å². The Morgan fingerprint density at radius 1 is 1.21 bits per heavy atom. The predicted molar refractivity (Wildman–Crippen MR) is 140 cm³/mol. The van der Waals surface area contributed by atoms with E-state index in [2.05, 4.69) is 62.6 Å². The average Bonchev–Trinajstić information content (AvgIpc) is 2.81. The van der Waals surface area contributed by atoms with Crippen LogP contribution in [0.2, 0.25) is 0 Å². The molecule has 0 saturated carbocycles. The van der Waals surface area contributed by atoms with Crippen LogP contribution < -0.4 is 4.74 Å². The van der Waals surface area contributed by atoms with Gasteiger partial charge in [-0.1, -0.05) is 45.1 Å². The Hall–Kier alpha value is -2.63. The highest BCUT2D eigenvalue weighted by molar-refractivity contribution is 5.87. The first-order chi connectivity index (χ1) is 16.2. The topological polar surface area (TPSA) is 53.0 Å². The number of benzene rings is 2.